The van der Waals surface area contributed by atoms with Crippen LogP contribution >= 0.6 is 11.3 Å². The van der Waals surface area contributed by atoms with Gasteiger partial charge in [0.2, 0.25) is 5.13 Å². The second-order valence-corrected chi connectivity index (χ2v) is 9.10. The number of anilines is 2. The number of ether oxygens (including phenoxy) is 1. The molecule has 0 bridgehead atoms. The minimum atomic E-state index is -3.97. The van der Waals surface area contributed by atoms with E-state index in [0.717, 1.165) is 5.56 Å². The summed E-state index contributed by atoms with van der Waals surface area (Å²) in [4.78, 5) is 16.7. The molecule has 0 aliphatic rings. The number of methoxy groups -OCH3 is 1. The summed E-state index contributed by atoms with van der Waals surface area (Å²) in [5, 5.41) is 11.7. The van der Waals surface area contributed by atoms with E-state index in [2.05, 4.69) is 25.2 Å². The van der Waals surface area contributed by atoms with E-state index >= 15 is 0 Å². The molecule has 0 saturated carbocycles. The van der Waals surface area contributed by atoms with Crippen LogP contribution in [0.25, 0.3) is 10.6 Å². The maximum absolute atomic E-state index is 12.9. The standard InChI is InChI=1S/C21H17N5O4S2/c1-30-15-9-10-17(18(12-15)26-32(28,29)16-8-5-11-22-13-16)19(27)23-21-25-24-20(31-21)14-6-3-2-4-7-14/h2-13,26H,1H3,(H,23,25,27). The molecule has 4 rings (SSSR count). The Morgan fingerprint density at radius 1 is 1.03 bits per heavy atom. The number of carbonyl (C=O) groups excluding carboxylic acids is 1. The molecule has 0 aliphatic heterocycles. The van der Waals surface area contributed by atoms with Crippen molar-refractivity contribution in [3.63, 3.8) is 0 Å². The number of hydrogen-bond donors (Lipinski definition) is 2. The average Bonchev–Trinajstić information content (AvgIpc) is 3.28. The van der Waals surface area contributed by atoms with Gasteiger partial charge in [0.05, 0.1) is 18.4 Å². The van der Waals surface area contributed by atoms with E-state index in [1.165, 1.54) is 55.1 Å². The first kappa shape index (κ1) is 21.4. The Hall–Kier alpha value is -3.83. The first-order valence-electron chi connectivity index (χ1n) is 9.27. The highest BCUT2D eigenvalue weighted by Gasteiger charge is 2.21. The Morgan fingerprint density at radius 2 is 1.84 bits per heavy atom. The van der Waals surface area contributed by atoms with E-state index in [0.29, 0.717) is 10.8 Å². The molecular weight excluding hydrogens is 450 g/mol. The lowest BCUT2D eigenvalue weighted by molar-refractivity contribution is 0.102. The van der Waals surface area contributed by atoms with Crippen LogP contribution in [-0.4, -0.2) is 36.6 Å². The van der Waals surface area contributed by atoms with E-state index in [-0.39, 0.29) is 21.3 Å². The topological polar surface area (TPSA) is 123 Å². The van der Waals surface area contributed by atoms with Crippen molar-refractivity contribution in [1.29, 1.82) is 0 Å². The van der Waals surface area contributed by atoms with Crippen molar-refractivity contribution in [2.24, 2.45) is 0 Å². The summed E-state index contributed by atoms with van der Waals surface area (Å²) in [5.41, 5.74) is 1.02. The Morgan fingerprint density at radius 3 is 2.56 bits per heavy atom. The van der Waals surface area contributed by atoms with E-state index in [1.54, 1.807) is 6.07 Å². The van der Waals surface area contributed by atoms with Gasteiger partial charge in [-0.3, -0.25) is 19.8 Å². The summed E-state index contributed by atoms with van der Waals surface area (Å²) < 4.78 is 33.1. The number of pyridine rings is 1. The van der Waals surface area contributed by atoms with E-state index in [4.69, 9.17) is 4.74 Å². The number of nitrogens with one attached hydrogen (secondary N) is 2. The van der Waals surface area contributed by atoms with Crippen LogP contribution in [-0.2, 0) is 10.0 Å². The van der Waals surface area contributed by atoms with Crippen molar-refractivity contribution in [2.45, 2.75) is 4.90 Å². The normalized spacial score (nSPS) is 11.0. The molecule has 2 N–H and O–H groups in total. The van der Waals surface area contributed by atoms with Crippen molar-refractivity contribution in [2.75, 3.05) is 17.1 Å². The van der Waals surface area contributed by atoms with Gasteiger partial charge in [0, 0.05) is 24.0 Å². The predicted molar refractivity (Wildman–Crippen MR) is 121 cm³/mol. The van der Waals surface area contributed by atoms with Crippen LogP contribution in [0.4, 0.5) is 10.8 Å². The lowest BCUT2D eigenvalue weighted by Crippen LogP contribution is -2.19. The van der Waals surface area contributed by atoms with Crippen LogP contribution < -0.4 is 14.8 Å². The van der Waals surface area contributed by atoms with Gasteiger partial charge in [0.15, 0.2) is 0 Å². The fourth-order valence-corrected chi connectivity index (χ4v) is 4.56. The molecule has 1 amide bonds. The quantitative estimate of drug-likeness (QED) is 0.425. The second kappa shape index (κ2) is 9.12. The third kappa shape index (κ3) is 4.74. The zero-order chi connectivity index (χ0) is 22.6. The second-order valence-electron chi connectivity index (χ2n) is 6.44. The molecule has 0 fully saturated rings. The molecule has 2 aromatic carbocycles. The monoisotopic (exact) mass is 467 g/mol. The van der Waals surface area contributed by atoms with E-state index in [1.807, 2.05) is 30.3 Å². The molecule has 162 valence electrons. The number of rotatable bonds is 7. The van der Waals surface area contributed by atoms with Gasteiger partial charge in [-0.25, -0.2) is 8.42 Å². The largest absolute Gasteiger partial charge is 0.497 e. The van der Waals surface area contributed by atoms with Crippen LogP contribution in [0.3, 0.4) is 0 Å². The molecule has 0 radical (unpaired) electrons. The summed E-state index contributed by atoms with van der Waals surface area (Å²) in [6.07, 6.45) is 2.68. The highest BCUT2D eigenvalue weighted by molar-refractivity contribution is 7.92. The van der Waals surface area contributed by atoms with Crippen molar-refractivity contribution < 1.29 is 17.9 Å². The highest BCUT2D eigenvalue weighted by atomic mass is 32.2. The molecule has 2 heterocycles. The lowest BCUT2D eigenvalue weighted by atomic mass is 10.1. The van der Waals surface area contributed by atoms with Crippen molar-refractivity contribution in [1.82, 2.24) is 15.2 Å². The van der Waals surface area contributed by atoms with Crippen LogP contribution in [0.2, 0.25) is 0 Å². The van der Waals surface area contributed by atoms with Crippen LogP contribution in [0.5, 0.6) is 5.75 Å². The smallest absolute Gasteiger partial charge is 0.263 e. The first-order valence-corrected chi connectivity index (χ1v) is 11.6. The van der Waals surface area contributed by atoms with Gasteiger partial charge in [-0.05, 0) is 24.3 Å². The summed E-state index contributed by atoms with van der Waals surface area (Å²) in [6.45, 7) is 0. The SMILES string of the molecule is COc1ccc(C(=O)Nc2nnc(-c3ccccc3)s2)c(NS(=O)(=O)c2cccnc2)c1. The van der Waals surface area contributed by atoms with Gasteiger partial charge in [-0.2, -0.15) is 0 Å². The maximum atomic E-state index is 12.9. The molecule has 9 nitrogen and oxygen atoms in total. The van der Waals surface area contributed by atoms with Crippen molar-refractivity contribution >= 4 is 38.1 Å². The van der Waals surface area contributed by atoms with Gasteiger partial charge in [-0.15, -0.1) is 10.2 Å². The molecule has 0 saturated heterocycles. The Bertz CT molecular complexity index is 1340. The third-order valence-electron chi connectivity index (χ3n) is 4.33. The Kier molecular flexibility index (Phi) is 6.10. The molecule has 0 aliphatic carbocycles. The molecule has 11 heteroatoms. The summed E-state index contributed by atoms with van der Waals surface area (Å²) in [7, 11) is -2.53. The number of sulfonamides is 1. The molecule has 4 aromatic rings. The number of amides is 1. The third-order valence-corrected chi connectivity index (χ3v) is 6.57. The summed E-state index contributed by atoms with van der Waals surface area (Å²) in [5.74, 6) is -0.167. The highest BCUT2D eigenvalue weighted by Crippen LogP contribution is 2.29. The van der Waals surface area contributed by atoms with Gasteiger partial charge < -0.3 is 4.74 Å². The number of aromatic nitrogens is 3. The number of carbonyl (C=O) groups is 1. The first-order chi connectivity index (χ1) is 15.5. The zero-order valence-corrected chi connectivity index (χ0v) is 18.4. The molecule has 2 aromatic heterocycles. The molecule has 0 spiro atoms. The fraction of sp³-hybridized carbons (Fsp3) is 0.0476. The average molecular weight is 468 g/mol. The van der Waals surface area contributed by atoms with Gasteiger partial charge in [-0.1, -0.05) is 41.7 Å². The summed E-state index contributed by atoms with van der Waals surface area (Å²) in [6, 6.07) is 16.8. The van der Waals surface area contributed by atoms with Crippen LogP contribution in [0, 0.1) is 0 Å². The van der Waals surface area contributed by atoms with Gasteiger partial charge >= 0.3 is 0 Å². The van der Waals surface area contributed by atoms with Crippen molar-refractivity contribution in [3.8, 4) is 16.3 Å². The fourth-order valence-electron chi connectivity index (χ4n) is 2.78. The van der Waals surface area contributed by atoms with Gasteiger partial charge in [0.25, 0.3) is 15.9 Å². The van der Waals surface area contributed by atoms with Crippen LogP contribution in [0.15, 0.2) is 78.0 Å². The maximum Gasteiger partial charge on any atom is 0.263 e. The van der Waals surface area contributed by atoms with Crippen LogP contribution in [0.1, 0.15) is 10.4 Å². The Balaban J connectivity index is 1.61. The predicted octanol–water partition coefficient (Wildman–Crippen LogP) is 3.66. The van der Waals surface area contributed by atoms with Crippen molar-refractivity contribution in [3.05, 3.63) is 78.6 Å². The van der Waals surface area contributed by atoms with E-state index in [9.17, 15) is 13.2 Å². The molecular formula is C21H17N5O4S2. The number of hydrogen-bond acceptors (Lipinski definition) is 8. The number of nitrogens with zero attached hydrogens (tertiary/aromatic N) is 3. The Labute approximate surface area is 188 Å². The van der Waals surface area contributed by atoms with Gasteiger partial charge in [0.1, 0.15) is 15.7 Å². The van der Waals surface area contributed by atoms with E-state index < -0.39 is 15.9 Å². The summed E-state index contributed by atoms with van der Waals surface area (Å²) >= 11 is 1.21. The zero-order valence-electron chi connectivity index (χ0n) is 16.7. The molecule has 32 heavy (non-hydrogen) atoms. The lowest BCUT2D eigenvalue weighted by Gasteiger charge is -2.13. The molecule has 0 unspecified atom stereocenters. The minimum Gasteiger partial charge on any atom is -0.497 e. The molecule has 0 atom stereocenters. The number of benzene rings is 2. The minimum absolute atomic E-state index is 0.0363.